The Morgan fingerprint density at radius 1 is 0.610 bits per heavy atom. The number of hydrogen-bond acceptors (Lipinski definition) is 19. The lowest BCUT2D eigenvalue weighted by Gasteiger charge is -2.49. The number of azide groups is 5. The van der Waals surface area contributed by atoms with Gasteiger partial charge in [-0.3, -0.25) is 0 Å². The van der Waals surface area contributed by atoms with Crippen LogP contribution < -0.4 is 0 Å². The Bertz CT molecular complexity index is 1850. The second-order valence-electron chi connectivity index (χ2n) is 13.8. The number of hydrogen-bond donors (Lipinski definition) is 6. The lowest BCUT2D eigenvalue weighted by Crippen LogP contribution is -2.65. The van der Waals surface area contributed by atoms with E-state index in [1.165, 1.54) is 0 Å². The molecule has 29 heteroatoms. The topological polar surface area (TPSA) is 439 Å². The third kappa shape index (κ3) is 9.34. The largest absolute Gasteiger partial charge is 0.394 e. The van der Waals surface area contributed by atoms with Crippen molar-refractivity contribution in [2.45, 2.75) is 129 Å². The van der Waals surface area contributed by atoms with E-state index >= 15 is 0 Å². The van der Waals surface area contributed by atoms with Crippen LogP contribution in [-0.2, 0) is 37.9 Å². The van der Waals surface area contributed by atoms with E-state index in [1.807, 2.05) is 0 Å². The summed E-state index contributed by atoms with van der Waals surface area (Å²) in [6.07, 6.45) is -25.0. The zero-order valence-corrected chi connectivity index (χ0v) is 30.4. The summed E-state index contributed by atoms with van der Waals surface area (Å²) >= 11 is 0. The average Bonchev–Trinajstić information content (AvgIpc) is 3.54. The van der Waals surface area contributed by atoms with Crippen molar-refractivity contribution >= 4 is 0 Å². The summed E-state index contributed by atoms with van der Waals surface area (Å²) in [5.74, 6) is 0. The fourth-order valence-electron chi connectivity index (χ4n) is 7.57. The van der Waals surface area contributed by atoms with Crippen molar-refractivity contribution in [1.82, 2.24) is 0 Å². The van der Waals surface area contributed by atoms with Crippen molar-refractivity contribution < 1.29 is 68.5 Å². The maximum atomic E-state index is 11.5. The van der Waals surface area contributed by atoms with Crippen LogP contribution >= 0.6 is 0 Å². The third-order valence-corrected chi connectivity index (χ3v) is 10.4. The summed E-state index contributed by atoms with van der Waals surface area (Å²) in [4.78, 5) is 13.7. The summed E-state index contributed by atoms with van der Waals surface area (Å²) < 4.78 is 47.5. The molecule has 20 atom stereocenters. The first-order valence-electron chi connectivity index (χ1n) is 18.0. The van der Waals surface area contributed by atoms with E-state index in [0.717, 1.165) is 0 Å². The van der Waals surface area contributed by atoms with Crippen LogP contribution in [0.25, 0.3) is 52.2 Å². The molecule has 0 amide bonds. The monoisotopic (exact) mass is 833 g/mol. The van der Waals surface area contributed by atoms with Crippen LogP contribution in [0.4, 0.5) is 0 Å². The number of aliphatic hydroxyl groups excluding tert-OH is 6. The Kier molecular flexibility index (Phi) is 14.8. The molecule has 318 valence electrons. The van der Waals surface area contributed by atoms with Gasteiger partial charge in [-0.25, -0.2) is 0 Å². The molecule has 5 aliphatic rings. The Labute approximate surface area is 331 Å². The van der Waals surface area contributed by atoms with Crippen LogP contribution in [0.2, 0.25) is 0 Å². The highest BCUT2D eigenvalue weighted by molar-refractivity contribution is 5.17. The van der Waals surface area contributed by atoms with Gasteiger partial charge >= 0.3 is 0 Å². The highest BCUT2D eigenvalue weighted by Gasteiger charge is 2.56. The average molecular weight is 834 g/mol. The molecule has 1 aliphatic carbocycles. The fraction of sp³-hybridized carbons (Fsp3) is 0.800. The Hall–Kier alpha value is -4.79. The van der Waals surface area contributed by atoms with E-state index < -0.39 is 136 Å². The molecule has 4 heterocycles. The van der Waals surface area contributed by atoms with Gasteiger partial charge in [-0.05, 0) is 34.1 Å². The van der Waals surface area contributed by atoms with Crippen molar-refractivity contribution in [2.75, 3.05) is 19.8 Å². The third-order valence-electron chi connectivity index (χ3n) is 10.4. The van der Waals surface area contributed by atoms with Crippen molar-refractivity contribution in [2.24, 2.45) is 25.6 Å². The van der Waals surface area contributed by atoms with Gasteiger partial charge in [0.25, 0.3) is 0 Å². The first kappa shape index (κ1) is 43.8. The van der Waals surface area contributed by atoms with Gasteiger partial charge in [-0.15, -0.1) is 0 Å². The predicted molar refractivity (Wildman–Crippen MR) is 188 cm³/mol. The number of ether oxygens (including phenoxy) is 8. The van der Waals surface area contributed by atoms with Crippen LogP contribution in [0.5, 0.6) is 0 Å². The summed E-state index contributed by atoms with van der Waals surface area (Å²) in [6.45, 7) is -1.47. The Morgan fingerprint density at radius 2 is 1.22 bits per heavy atom. The minimum absolute atomic E-state index is 0.129. The molecule has 0 radical (unpaired) electrons. The number of fused-ring (bicyclic) bond motifs is 1. The van der Waals surface area contributed by atoms with Crippen molar-refractivity contribution in [3.63, 3.8) is 0 Å². The van der Waals surface area contributed by atoms with Gasteiger partial charge in [0.2, 0.25) is 0 Å². The summed E-state index contributed by atoms with van der Waals surface area (Å²) in [5, 5.41) is 83.8. The molecule has 0 bridgehead atoms. The number of aliphatic hydroxyl groups is 6. The smallest absolute Gasteiger partial charge is 0.187 e. The lowest BCUT2D eigenvalue weighted by atomic mass is 9.84. The maximum Gasteiger partial charge on any atom is 0.187 e. The lowest BCUT2D eigenvalue weighted by molar-refractivity contribution is -0.355. The zero-order chi connectivity index (χ0) is 42.2. The van der Waals surface area contributed by atoms with Gasteiger partial charge in [-0.1, -0.05) is 55.9 Å². The first-order chi connectivity index (χ1) is 28.6. The normalized spacial score (nSPS) is 42.9. The first-order valence-corrected chi connectivity index (χ1v) is 18.0. The number of rotatable bonds is 14. The molecule has 4 aliphatic heterocycles. The van der Waals surface area contributed by atoms with E-state index in [4.69, 9.17) is 49.0 Å². The van der Waals surface area contributed by atoms with Crippen molar-refractivity contribution in [1.29, 1.82) is 0 Å². The summed E-state index contributed by atoms with van der Waals surface area (Å²) in [5.41, 5.74) is 46.8. The van der Waals surface area contributed by atoms with E-state index in [-0.39, 0.29) is 13.0 Å². The molecule has 1 aromatic carbocycles. The Morgan fingerprint density at radius 3 is 1.88 bits per heavy atom. The second kappa shape index (κ2) is 20.0. The second-order valence-corrected chi connectivity index (χ2v) is 13.8. The molecule has 0 spiro atoms. The molecule has 4 saturated heterocycles. The Balaban J connectivity index is 1.26. The van der Waals surface area contributed by atoms with Gasteiger partial charge in [0, 0.05) is 30.1 Å². The standard InChI is InChI=1S/C30H39N15O14/c31-41-36-7-13-19(48)20(49)16(39-44-34)28(53-13)58-24-14(8-46)54-30(22(24)51)59-26-18(47)11(37-42-32)6-12(38-43-33)23(26)56-29-17(40-45-35)21(50)25-15(55-29)9-52-27(57-25)10-4-2-1-3-5-10/h1-5,11-30,46-51H,6-9H2/t11?,12?,13?,14?,15?,16?,17?,18?,19-,20?,21?,22?,23?,24?,25?,26?,27?,28-,29?,30?/m1/s1. The van der Waals surface area contributed by atoms with Crippen LogP contribution in [0.15, 0.2) is 55.9 Å². The molecule has 1 saturated carbocycles. The van der Waals surface area contributed by atoms with Crippen LogP contribution in [0.3, 0.4) is 0 Å². The van der Waals surface area contributed by atoms with E-state index in [0.29, 0.717) is 5.56 Å². The molecular weight excluding hydrogens is 794 g/mol. The predicted octanol–water partition coefficient (Wildman–Crippen LogP) is 0.657. The molecule has 5 fully saturated rings. The van der Waals surface area contributed by atoms with Crippen LogP contribution in [0, 0.1) is 0 Å². The molecular formula is C30H39N15O14. The fourth-order valence-corrected chi connectivity index (χ4v) is 7.57. The molecule has 6 N–H and O–H groups in total. The van der Waals surface area contributed by atoms with Gasteiger partial charge in [0.05, 0.1) is 62.4 Å². The highest BCUT2D eigenvalue weighted by atomic mass is 16.8. The molecule has 0 aromatic heterocycles. The summed E-state index contributed by atoms with van der Waals surface area (Å²) in [7, 11) is 0. The van der Waals surface area contributed by atoms with Gasteiger partial charge in [-0.2, -0.15) is 0 Å². The van der Waals surface area contributed by atoms with E-state index in [9.17, 15) is 47.2 Å². The quantitative estimate of drug-likeness (QED) is 0.0852. The minimum atomic E-state index is -1.90. The van der Waals surface area contributed by atoms with Crippen LogP contribution in [0.1, 0.15) is 18.3 Å². The molecule has 6 rings (SSSR count). The summed E-state index contributed by atoms with van der Waals surface area (Å²) in [6, 6.07) is 3.01. The number of nitrogens with zero attached hydrogens (tertiary/aromatic N) is 15. The highest BCUT2D eigenvalue weighted by Crippen LogP contribution is 2.40. The zero-order valence-electron chi connectivity index (χ0n) is 30.4. The van der Waals surface area contributed by atoms with E-state index in [1.54, 1.807) is 30.3 Å². The maximum absolute atomic E-state index is 11.5. The SMILES string of the molecule is [N-]=[N+]=NCC1O[C@H](OC2C(CO)OC(OC3C(O)C(N=[N+]=[N-])CC(N=[N+]=[N-])C3OC3OC4COC(c5ccccc5)OC4C(O)C3N=[N+]=[N-])C2O)C(N=[N+]=[N-])C(O)[C@@H]1O. The molecule has 18 unspecified atom stereocenters. The van der Waals surface area contributed by atoms with Crippen molar-refractivity contribution in [3.8, 4) is 0 Å². The van der Waals surface area contributed by atoms with Gasteiger partial charge in [0.15, 0.2) is 25.2 Å². The van der Waals surface area contributed by atoms with Crippen LogP contribution in [-0.4, -0.2) is 167 Å². The number of benzene rings is 1. The van der Waals surface area contributed by atoms with Crippen molar-refractivity contribution in [3.05, 3.63) is 88.1 Å². The molecule has 59 heavy (non-hydrogen) atoms. The minimum Gasteiger partial charge on any atom is -0.394 e. The molecule has 29 nitrogen and oxygen atoms in total. The van der Waals surface area contributed by atoms with Gasteiger partial charge < -0.3 is 68.5 Å². The molecule has 1 aromatic rings. The van der Waals surface area contributed by atoms with Gasteiger partial charge in [0.1, 0.15) is 54.8 Å². The van der Waals surface area contributed by atoms with E-state index in [2.05, 4.69) is 50.1 Å².